The first-order valence-corrected chi connectivity index (χ1v) is 8.58. The average molecular weight is 294 g/mol. The number of hydrogen-bond acceptors (Lipinski definition) is 3. The van der Waals surface area contributed by atoms with E-state index in [0.717, 1.165) is 39.0 Å². The molecule has 0 radical (unpaired) electrons. The maximum absolute atomic E-state index is 4.69. The summed E-state index contributed by atoms with van der Waals surface area (Å²) in [6, 6.07) is 0.258. The molecule has 0 fully saturated rings. The topological polar surface area (TPSA) is 33.1 Å². The van der Waals surface area contributed by atoms with Gasteiger partial charge in [-0.2, -0.15) is 0 Å². The summed E-state index contributed by atoms with van der Waals surface area (Å²) >= 11 is 0. The zero-order chi connectivity index (χ0) is 15.9. The third-order valence-corrected chi connectivity index (χ3v) is 4.70. The van der Waals surface area contributed by atoms with Gasteiger partial charge in [-0.1, -0.05) is 34.6 Å². The highest BCUT2D eigenvalue weighted by molar-refractivity contribution is 5.09. The molecule has 0 aliphatic rings. The van der Waals surface area contributed by atoms with E-state index in [1.165, 1.54) is 5.82 Å². The Morgan fingerprint density at radius 2 is 1.90 bits per heavy atom. The van der Waals surface area contributed by atoms with Gasteiger partial charge in [-0.3, -0.25) is 4.90 Å². The molecule has 122 valence electrons. The molecule has 0 aliphatic heterocycles. The average Bonchev–Trinajstić information content (AvgIpc) is 2.94. The SMILES string of the molecule is CCCn1ccnc1C(NCC)C(C)(CC)N(CC)CC. The predicted molar refractivity (Wildman–Crippen MR) is 90.6 cm³/mol. The highest BCUT2D eigenvalue weighted by Gasteiger charge is 2.39. The summed E-state index contributed by atoms with van der Waals surface area (Å²) in [7, 11) is 0. The molecule has 1 N–H and O–H groups in total. The molecule has 0 aliphatic carbocycles. The molecule has 0 saturated carbocycles. The first kappa shape index (κ1) is 18.2. The monoisotopic (exact) mass is 294 g/mol. The van der Waals surface area contributed by atoms with E-state index in [4.69, 9.17) is 4.98 Å². The van der Waals surface area contributed by atoms with Crippen LogP contribution in [-0.4, -0.2) is 39.6 Å². The molecule has 1 aromatic heterocycles. The fourth-order valence-electron chi connectivity index (χ4n) is 3.36. The fourth-order valence-corrected chi connectivity index (χ4v) is 3.36. The Hall–Kier alpha value is -0.870. The molecular weight excluding hydrogens is 260 g/mol. The molecule has 0 bridgehead atoms. The van der Waals surface area contributed by atoms with E-state index in [2.05, 4.69) is 62.5 Å². The van der Waals surface area contributed by atoms with Crippen molar-refractivity contribution in [2.75, 3.05) is 19.6 Å². The van der Waals surface area contributed by atoms with Crippen molar-refractivity contribution in [2.45, 2.75) is 72.5 Å². The van der Waals surface area contributed by atoms with Crippen molar-refractivity contribution in [1.29, 1.82) is 0 Å². The van der Waals surface area contributed by atoms with Crippen LogP contribution in [0.1, 0.15) is 66.3 Å². The first-order valence-electron chi connectivity index (χ1n) is 8.58. The zero-order valence-corrected chi connectivity index (χ0v) is 14.8. The molecule has 4 nitrogen and oxygen atoms in total. The molecule has 0 aromatic carbocycles. The number of imidazole rings is 1. The van der Waals surface area contributed by atoms with Gasteiger partial charge in [0.2, 0.25) is 0 Å². The van der Waals surface area contributed by atoms with E-state index in [1.54, 1.807) is 0 Å². The Kier molecular flexibility index (Phi) is 7.40. The summed E-state index contributed by atoms with van der Waals surface area (Å²) in [6.07, 6.45) is 6.29. The molecule has 1 heterocycles. The van der Waals surface area contributed by atoms with Gasteiger partial charge < -0.3 is 9.88 Å². The zero-order valence-electron chi connectivity index (χ0n) is 14.8. The molecule has 21 heavy (non-hydrogen) atoms. The third kappa shape index (κ3) is 3.86. The van der Waals surface area contributed by atoms with E-state index >= 15 is 0 Å². The van der Waals surface area contributed by atoms with Crippen molar-refractivity contribution in [3.63, 3.8) is 0 Å². The predicted octanol–water partition coefficient (Wildman–Crippen LogP) is 3.45. The number of rotatable bonds is 10. The molecule has 2 atom stereocenters. The van der Waals surface area contributed by atoms with Gasteiger partial charge >= 0.3 is 0 Å². The van der Waals surface area contributed by atoms with E-state index in [-0.39, 0.29) is 11.6 Å². The molecule has 1 aromatic rings. The number of nitrogens with one attached hydrogen (secondary N) is 1. The van der Waals surface area contributed by atoms with Crippen LogP contribution in [0.3, 0.4) is 0 Å². The summed E-state index contributed by atoms with van der Waals surface area (Å²) < 4.78 is 2.31. The highest BCUT2D eigenvalue weighted by Crippen LogP contribution is 2.33. The summed E-state index contributed by atoms with van der Waals surface area (Å²) in [5, 5.41) is 3.70. The van der Waals surface area contributed by atoms with Crippen molar-refractivity contribution in [1.82, 2.24) is 19.8 Å². The van der Waals surface area contributed by atoms with Gasteiger partial charge in [0.15, 0.2) is 0 Å². The van der Waals surface area contributed by atoms with Crippen LogP contribution in [0.4, 0.5) is 0 Å². The second kappa shape index (κ2) is 8.54. The molecule has 2 unspecified atom stereocenters. The van der Waals surface area contributed by atoms with Crippen LogP contribution in [0.2, 0.25) is 0 Å². The van der Waals surface area contributed by atoms with Gasteiger partial charge in [0, 0.05) is 24.5 Å². The van der Waals surface area contributed by atoms with Crippen LogP contribution < -0.4 is 5.32 Å². The summed E-state index contributed by atoms with van der Waals surface area (Å²) in [5.74, 6) is 1.18. The first-order chi connectivity index (χ1) is 10.1. The van der Waals surface area contributed by atoms with Crippen molar-refractivity contribution < 1.29 is 0 Å². The van der Waals surface area contributed by atoms with Crippen LogP contribution in [-0.2, 0) is 6.54 Å². The number of nitrogens with zero attached hydrogens (tertiary/aromatic N) is 3. The molecule has 0 spiro atoms. The Bertz CT molecular complexity index is 397. The molecule has 0 saturated heterocycles. The summed E-state index contributed by atoms with van der Waals surface area (Å²) in [5.41, 5.74) is 0.0797. The minimum Gasteiger partial charge on any atom is -0.334 e. The fraction of sp³-hybridized carbons (Fsp3) is 0.824. The summed E-state index contributed by atoms with van der Waals surface area (Å²) in [4.78, 5) is 7.25. The molecule has 1 rings (SSSR count). The Labute approximate surface area is 130 Å². The van der Waals surface area contributed by atoms with E-state index in [1.807, 2.05) is 6.20 Å². The standard InChI is InChI=1S/C17H34N4/c1-7-13-20-14-12-19-16(20)15(18-9-3)17(6,8-2)21(10-4)11-5/h12,14-15,18H,7-11,13H2,1-6H3. The number of likely N-dealkylation sites (N-methyl/N-ethyl adjacent to an activating group) is 2. The Morgan fingerprint density at radius 1 is 1.24 bits per heavy atom. The maximum atomic E-state index is 4.69. The van der Waals surface area contributed by atoms with Crippen LogP contribution in [0.25, 0.3) is 0 Å². The largest absolute Gasteiger partial charge is 0.334 e. The second-order valence-corrected chi connectivity index (χ2v) is 5.85. The normalized spacial score (nSPS) is 16.1. The minimum absolute atomic E-state index is 0.0797. The summed E-state index contributed by atoms with van der Waals surface area (Å²) in [6.45, 7) is 17.7. The minimum atomic E-state index is 0.0797. The van der Waals surface area contributed by atoms with Gasteiger partial charge in [0.05, 0.1) is 6.04 Å². The Morgan fingerprint density at radius 3 is 2.38 bits per heavy atom. The number of hydrogen-bond donors (Lipinski definition) is 1. The lowest BCUT2D eigenvalue weighted by Gasteiger charge is -2.45. The van der Waals surface area contributed by atoms with Gasteiger partial charge in [-0.15, -0.1) is 0 Å². The van der Waals surface area contributed by atoms with Crippen molar-refractivity contribution in [3.8, 4) is 0 Å². The smallest absolute Gasteiger partial charge is 0.127 e. The van der Waals surface area contributed by atoms with Gasteiger partial charge in [-0.25, -0.2) is 4.98 Å². The third-order valence-electron chi connectivity index (χ3n) is 4.70. The maximum Gasteiger partial charge on any atom is 0.127 e. The molecule has 4 heteroatoms. The van der Waals surface area contributed by atoms with Crippen LogP contribution in [0.15, 0.2) is 12.4 Å². The van der Waals surface area contributed by atoms with Crippen LogP contribution in [0, 0.1) is 0 Å². The highest BCUT2D eigenvalue weighted by atomic mass is 15.2. The molecular formula is C17H34N4. The van der Waals surface area contributed by atoms with Crippen molar-refractivity contribution in [2.24, 2.45) is 0 Å². The quantitative estimate of drug-likeness (QED) is 0.717. The Balaban J connectivity index is 3.21. The van der Waals surface area contributed by atoms with Crippen LogP contribution >= 0.6 is 0 Å². The number of aromatic nitrogens is 2. The molecule has 0 amide bonds. The lowest BCUT2D eigenvalue weighted by Crippen LogP contribution is -2.55. The lowest BCUT2D eigenvalue weighted by molar-refractivity contribution is 0.0657. The van der Waals surface area contributed by atoms with Gasteiger partial charge in [0.1, 0.15) is 5.82 Å². The van der Waals surface area contributed by atoms with Crippen molar-refractivity contribution >= 4 is 0 Å². The number of aryl methyl sites for hydroxylation is 1. The van der Waals surface area contributed by atoms with E-state index in [9.17, 15) is 0 Å². The van der Waals surface area contributed by atoms with Gasteiger partial charge in [0.25, 0.3) is 0 Å². The second-order valence-electron chi connectivity index (χ2n) is 5.85. The van der Waals surface area contributed by atoms with Gasteiger partial charge in [-0.05, 0) is 39.4 Å². The lowest BCUT2D eigenvalue weighted by atomic mass is 9.86. The van der Waals surface area contributed by atoms with E-state index < -0.39 is 0 Å². The van der Waals surface area contributed by atoms with E-state index in [0.29, 0.717) is 0 Å². The van der Waals surface area contributed by atoms with Crippen molar-refractivity contribution in [3.05, 3.63) is 18.2 Å². The van der Waals surface area contributed by atoms with Crippen LogP contribution in [0.5, 0.6) is 0 Å².